The van der Waals surface area contributed by atoms with Crippen molar-refractivity contribution in [2.24, 2.45) is 0 Å². The van der Waals surface area contributed by atoms with Crippen LogP contribution in [0.1, 0.15) is 12.8 Å². The Bertz CT molecular complexity index is 667. The van der Waals surface area contributed by atoms with Gasteiger partial charge in [0.15, 0.2) is 4.77 Å². The van der Waals surface area contributed by atoms with E-state index in [0.717, 1.165) is 24.3 Å². The quantitative estimate of drug-likeness (QED) is 0.759. The van der Waals surface area contributed by atoms with Gasteiger partial charge < -0.3 is 9.88 Å². The zero-order chi connectivity index (χ0) is 11.8. The summed E-state index contributed by atoms with van der Waals surface area (Å²) in [6, 6.07) is 5.90. The first-order valence-electron chi connectivity index (χ1n) is 5.75. The molecule has 88 valence electrons. The standard InChI is InChI=1S/C12H13N3OS/c16-11-9-7-8(15-5-1-2-6-15)3-4-10(9)13-12(17)14-11/h3-4,7H,1-2,5-6H2,(H2,13,14,16,17). The van der Waals surface area contributed by atoms with Crippen LogP contribution < -0.4 is 10.5 Å². The summed E-state index contributed by atoms with van der Waals surface area (Å²) < 4.78 is 0.372. The third-order valence-electron chi connectivity index (χ3n) is 3.19. The Morgan fingerprint density at radius 3 is 2.71 bits per heavy atom. The summed E-state index contributed by atoms with van der Waals surface area (Å²) in [5, 5.41) is 0.669. The van der Waals surface area contributed by atoms with Gasteiger partial charge >= 0.3 is 0 Å². The molecule has 0 spiro atoms. The number of nitrogens with one attached hydrogen (secondary N) is 2. The Morgan fingerprint density at radius 1 is 1.18 bits per heavy atom. The molecule has 0 unspecified atom stereocenters. The fourth-order valence-electron chi connectivity index (χ4n) is 2.33. The number of nitrogens with zero attached hydrogens (tertiary/aromatic N) is 1. The van der Waals surface area contributed by atoms with Gasteiger partial charge in [-0.3, -0.25) is 9.78 Å². The number of aromatic nitrogens is 2. The van der Waals surface area contributed by atoms with Gasteiger partial charge in [-0.05, 0) is 43.3 Å². The van der Waals surface area contributed by atoms with Gasteiger partial charge in [-0.2, -0.15) is 0 Å². The highest BCUT2D eigenvalue weighted by molar-refractivity contribution is 7.71. The van der Waals surface area contributed by atoms with Crippen LogP contribution in [0.4, 0.5) is 5.69 Å². The van der Waals surface area contributed by atoms with Crippen LogP contribution in [-0.4, -0.2) is 23.1 Å². The average molecular weight is 247 g/mol. The fourth-order valence-corrected chi connectivity index (χ4v) is 2.53. The van der Waals surface area contributed by atoms with Crippen LogP contribution in [0.25, 0.3) is 10.9 Å². The number of fused-ring (bicyclic) bond motifs is 1. The molecule has 2 N–H and O–H groups in total. The Balaban J connectivity index is 2.18. The molecule has 0 bridgehead atoms. The Kier molecular flexibility index (Phi) is 2.48. The van der Waals surface area contributed by atoms with E-state index in [4.69, 9.17) is 12.2 Å². The van der Waals surface area contributed by atoms with Crippen molar-refractivity contribution in [3.8, 4) is 0 Å². The largest absolute Gasteiger partial charge is 0.372 e. The third-order valence-corrected chi connectivity index (χ3v) is 3.40. The smallest absolute Gasteiger partial charge is 0.259 e. The summed E-state index contributed by atoms with van der Waals surface area (Å²) >= 11 is 4.95. The van der Waals surface area contributed by atoms with Crippen molar-refractivity contribution in [3.05, 3.63) is 33.3 Å². The maximum Gasteiger partial charge on any atom is 0.259 e. The zero-order valence-electron chi connectivity index (χ0n) is 9.32. The Morgan fingerprint density at radius 2 is 1.94 bits per heavy atom. The first-order valence-corrected chi connectivity index (χ1v) is 6.16. The lowest BCUT2D eigenvalue weighted by Gasteiger charge is -2.17. The minimum atomic E-state index is -0.121. The average Bonchev–Trinajstić information content (AvgIpc) is 2.82. The number of rotatable bonds is 1. The molecule has 0 aliphatic carbocycles. The molecule has 1 aromatic carbocycles. The number of anilines is 1. The Labute approximate surface area is 103 Å². The van der Waals surface area contributed by atoms with Crippen molar-refractivity contribution in [1.29, 1.82) is 0 Å². The molecule has 2 aromatic rings. The molecule has 1 aromatic heterocycles. The van der Waals surface area contributed by atoms with Crippen LogP contribution in [0, 0.1) is 4.77 Å². The highest BCUT2D eigenvalue weighted by Crippen LogP contribution is 2.22. The predicted octanol–water partition coefficient (Wildman–Crippen LogP) is 2.19. The van der Waals surface area contributed by atoms with E-state index in [1.807, 2.05) is 18.2 Å². The molecule has 3 rings (SSSR count). The van der Waals surface area contributed by atoms with Gasteiger partial charge in [0.1, 0.15) is 0 Å². The molecule has 0 radical (unpaired) electrons. The number of aromatic amines is 2. The fraction of sp³-hybridized carbons (Fsp3) is 0.333. The molecule has 0 amide bonds. The molecule has 5 heteroatoms. The summed E-state index contributed by atoms with van der Waals surface area (Å²) in [6.45, 7) is 2.15. The van der Waals surface area contributed by atoms with Gasteiger partial charge in [0, 0.05) is 18.8 Å². The van der Waals surface area contributed by atoms with E-state index in [2.05, 4.69) is 14.9 Å². The van der Waals surface area contributed by atoms with Crippen molar-refractivity contribution < 1.29 is 0 Å². The first kappa shape index (κ1) is 10.5. The van der Waals surface area contributed by atoms with Gasteiger partial charge in [0.2, 0.25) is 0 Å². The van der Waals surface area contributed by atoms with E-state index in [1.165, 1.54) is 12.8 Å². The molecule has 0 atom stereocenters. The Hall–Kier alpha value is -1.62. The summed E-state index contributed by atoms with van der Waals surface area (Å²) in [5.74, 6) is 0. The van der Waals surface area contributed by atoms with Crippen LogP contribution in [0.5, 0.6) is 0 Å². The number of hydrogen-bond acceptors (Lipinski definition) is 3. The van der Waals surface area contributed by atoms with Crippen molar-refractivity contribution in [2.45, 2.75) is 12.8 Å². The van der Waals surface area contributed by atoms with Crippen LogP contribution in [-0.2, 0) is 0 Å². The van der Waals surface area contributed by atoms with Crippen LogP contribution >= 0.6 is 12.2 Å². The van der Waals surface area contributed by atoms with Gasteiger partial charge in [-0.15, -0.1) is 0 Å². The van der Waals surface area contributed by atoms with Gasteiger partial charge in [0.05, 0.1) is 10.9 Å². The monoisotopic (exact) mass is 247 g/mol. The maximum atomic E-state index is 11.8. The van der Waals surface area contributed by atoms with Gasteiger partial charge in [-0.1, -0.05) is 0 Å². The van der Waals surface area contributed by atoms with Crippen LogP contribution in [0.2, 0.25) is 0 Å². The second kappa shape index (κ2) is 4.00. The lowest BCUT2D eigenvalue weighted by atomic mass is 10.2. The number of H-pyrrole nitrogens is 2. The zero-order valence-corrected chi connectivity index (χ0v) is 10.1. The van der Waals surface area contributed by atoms with Crippen LogP contribution in [0.15, 0.2) is 23.0 Å². The van der Waals surface area contributed by atoms with Crippen molar-refractivity contribution in [3.63, 3.8) is 0 Å². The molecule has 1 fully saturated rings. The normalized spacial score (nSPS) is 15.6. The minimum absolute atomic E-state index is 0.121. The van der Waals surface area contributed by atoms with Gasteiger partial charge in [0.25, 0.3) is 5.56 Å². The molecule has 4 nitrogen and oxygen atoms in total. The summed E-state index contributed by atoms with van der Waals surface area (Å²) in [4.78, 5) is 19.7. The molecular formula is C12H13N3OS. The topological polar surface area (TPSA) is 51.9 Å². The van der Waals surface area contributed by atoms with E-state index < -0.39 is 0 Å². The highest BCUT2D eigenvalue weighted by atomic mass is 32.1. The minimum Gasteiger partial charge on any atom is -0.372 e. The van der Waals surface area contributed by atoms with E-state index in [-0.39, 0.29) is 5.56 Å². The molecule has 17 heavy (non-hydrogen) atoms. The SMILES string of the molecule is O=c1[nH]c(=S)[nH]c2ccc(N3CCCC3)cc12. The summed E-state index contributed by atoms with van der Waals surface area (Å²) in [5.41, 5.74) is 1.79. The molecule has 1 aliphatic rings. The summed E-state index contributed by atoms with van der Waals surface area (Å²) in [6.07, 6.45) is 2.46. The van der Waals surface area contributed by atoms with Crippen molar-refractivity contribution in [1.82, 2.24) is 9.97 Å². The van der Waals surface area contributed by atoms with E-state index in [0.29, 0.717) is 10.2 Å². The number of hydrogen-bond donors (Lipinski definition) is 2. The first-order chi connectivity index (χ1) is 8.24. The molecule has 0 saturated carbocycles. The number of benzene rings is 1. The van der Waals surface area contributed by atoms with Crippen molar-refractivity contribution in [2.75, 3.05) is 18.0 Å². The van der Waals surface area contributed by atoms with E-state index in [9.17, 15) is 4.79 Å². The second-order valence-electron chi connectivity index (χ2n) is 4.33. The van der Waals surface area contributed by atoms with E-state index in [1.54, 1.807) is 0 Å². The maximum absolute atomic E-state index is 11.8. The lowest BCUT2D eigenvalue weighted by Crippen LogP contribution is -2.18. The van der Waals surface area contributed by atoms with Crippen LogP contribution in [0.3, 0.4) is 0 Å². The molecular weight excluding hydrogens is 234 g/mol. The van der Waals surface area contributed by atoms with E-state index >= 15 is 0 Å². The van der Waals surface area contributed by atoms with Gasteiger partial charge in [-0.25, -0.2) is 0 Å². The second-order valence-corrected chi connectivity index (χ2v) is 4.74. The molecule has 1 aliphatic heterocycles. The molecule has 2 heterocycles. The summed E-state index contributed by atoms with van der Waals surface area (Å²) in [7, 11) is 0. The highest BCUT2D eigenvalue weighted by Gasteiger charge is 2.13. The molecule has 1 saturated heterocycles. The predicted molar refractivity (Wildman–Crippen MR) is 71.2 cm³/mol. The lowest BCUT2D eigenvalue weighted by molar-refractivity contribution is 0.949. The third kappa shape index (κ3) is 1.86. The van der Waals surface area contributed by atoms with Crippen molar-refractivity contribution >= 4 is 28.8 Å².